The number of nitrogens with one attached hydrogen (secondary N) is 1. The van der Waals surface area contributed by atoms with Crippen LogP contribution in [-0.4, -0.2) is 11.5 Å². The molecule has 17 heavy (non-hydrogen) atoms. The van der Waals surface area contributed by atoms with Crippen molar-refractivity contribution in [2.24, 2.45) is 0 Å². The molecule has 0 amide bonds. The number of nitrogens with zero attached hydrogens (tertiary/aromatic N) is 1. The topological polar surface area (TPSA) is 38.1 Å². The van der Waals surface area contributed by atoms with Crippen LogP contribution in [0.5, 0.6) is 0 Å². The van der Waals surface area contributed by atoms with Crippen LogP contribution in [0.4, 0.5) is 0 Å². The number of furan rings is 1. The molecular weight excluding hydrogens is 232 g/mol. The van der Waals surface area contributed by atoms with Gasteiger partial charge in [-0.15, -0.1) is 0 Å². The standard InChI is InChI=1S/C13H16N2OS/c1-2-14-8-11-5-6-13(15-9-11)17-10-12-4-3-7-16-12/h3-7,9,14H,2,8,10H2,1H3. The van der Waals surface area contributed by atoms with Crippen LogP contribution in [-0.2, 0) is 12.3 Å². The Bertz CT molecular complexity index is 425. The summed E-state index contributed by atoms with van der Waals surface area (Å²) in [6.07, 6.45) is 3.62. The maximum absolute atomic E-state index is 5.27. The molecule has 0 unspecified atom stereocenters. The highest BCUT2D eigenvalue weighted by Gasteiger charge is 2.00. The molecule has 2 heterocycles. The van der Waals surface area contributed by atoms with E-state index in [9.17, 15) is 0 Å². The maximum atomic E-state index is 5.27. The van der Waals surface area contributed by atoms with Crippen molar-refractivity contribution < 1.29 is 4.42 Å². The highest BCUT2D eigenvalue weighted by atomic mass is 32.2. The maximum Gasteiger partial charge on any atom is 0.114 e. The van der Waals surface area contributed by atoms with Gasteiger partial charge in [0.05, 0.1) is 17.0 Å². The highest BCUT2D eigenvalue weighted by Crippen LogP contribution is 2.20. The Morgan fingerprint density at radius 3 is 2.94 bits per heavy atom. The van der Waals surface area contributed by atoms with Gasteiger partial charge in [0.2, 0.25) is 0 Å². The van der Waals surface area contributed by atoms with Gasteiger partial charge >= 0.3 is 0 Å². The smallest absolute Gasteiger partial charge is 0.114 e. The fourth-order valence-corrected chi connectivity index (χ4v) is 2.16. The van der Waals surface area contributed by atoms with Crippen molar-refractivity contribution in [3.05, 3.63) is 48.0 Å². The summed E-state index contributed by atoms with van der Waals surface area (Å²) in [5, 5.41) is 4.31. The summed E-state index contributed by atoms with van der Waals surface area (Å²) in [5.74, 6) is 1.81. The molecule has 2 aromatic rings. The molecule has 0 bridgehead atoms. The molecule has 0 saturated carbocycles. The summed E-state index contributed by atoms with van der Waals surface area (Å²) in [4.78, 5) is 4.41. The lowest BCUT2D eigenvalue weighted by Crippen LogP contribution is -2.11. The molecule has 0 fully saturated rings. The van der Waals surface area contributed by atoms with E-state index >= 15 is 0 Å². The van der Waals surface area contributed by atoms with Gasteiger partial charge in [-0.25, -0.2) is 4.98 Å². The molecule has 4 heteroatoms. The van der Waals surface area contributed by atoms with Crippen LogP contribution in [0.25, 0.3) is 0 Å². The lowest BCUT2D eigenvalue weighted by molar-refractivity contribution is 0.530. The highest BCUT2D eigenvalue weighted by molar-refractivity contribution is 7.98. The fourth-order valence-electron chi connectivity index (χ4n) is 1.41. The molecule has 2 rings (SSSR count). The molecule has 3 nitrogen and oxygen atoms in total. The minimum absolute atomic E-state index is 0.826. The summed E-state index contributed by atoms with van der Waals surface area (Å²) < 4.78 is 5.27. The summed E-state index contributed by atoms with van der Waals surface area (Å²) in [7, 11) is 0. The Balaban J connectivity index is 1.85. The Labute approximate surface area is 106 Å². The zero-order chi connectivity index (χ0) is 11.9. The van der Waals surface area contributed by atoms with Gasteiger partial charge in [0.25, 0.3) is 0 Å². The first-order chi connectivity index (χ1) is 8.38. The summed E-state index contributed by atoms with van der Waals surface area (Å²) in [5.41, 5.74) is 1.22. The number of hydrogen-bond acceptors (Lipinski definition) is 4. The summed E-state index contributed by atoms with van der Waals surface area (Å²) in [6.45, 7) is 3.96. The average molecular weight is 248 g/mol. The molecule has 0 spiro atoms. The lowest BCUT2D eigenvalue weighted by Gasteiger charge is -2.03. The van der Waals surface area contributed by atoms with E-state index in [0.29, 0.717) is 0 Å². The molecule has 0 aliphatic carbocycles. The van der Waals surface area contributed by atoms with Gasteiger partial charge in [0.15, 0.2) is 0 Å². The van der Waals surface area contributed by atoms with E-state index in [4.69, 9.17) is 4.42 Å². The largest absolute Gasteiger partial charge is 0.468 e. The predicted octanol–water partition coefficient (Wildman–Crippen LogP) is 3.08. The first kappa shape index (κ1) is 12.2. The quantitative estimate of drug-likeness (QED) is 0.797. The minimum Gasteiger partial charge on any atom is -0.468 e. The van der Waals surface area contributed by atoms with Gasteiger partial charge in [-0.05, 0) is 30.3 Å². The average Bonchev–Trinajstić information content (AvgIpc) is 2.88. The van der Waals surface area contributed by atoms with Gasteiger partial charge < -0.3 is 9.73 Å². The summed E-state index contributed by atoms with van der Waals surface area (Å²) >= 11 is 1.69. The molecule has 0 radical (unpaired) electrons. The Morgan fingerprint density at radius 1 is 1.35 bits per heavy atom. The molecule has 0 aliphatic rings. The fraction of sp³-hybridized carbons (Fsp3) is 0.308. The third kappa shape index (κ3) is 3.91. The monoisotopic (exact) mass is 248 g/mol. The van der Waals surface area contributed by atoms with Crippen molar-refractivity contribution in [2.45, 2.75) is 24.2 Å². The molecule has 0 saturated heterocycles. The van der Waals surface area contributed by atoms with Crippen LogP contribution in [0.1, 0.15) is 18.2 Å². The second-order valence-electron chi connectivity index (χ2n) is 3.65. The molecule has 2 aromatic heterocycles. The molecule has 0 aromatic carbocycles. The number of thioether (sulfide) groups is 1. The van der Waals surface area contributed by atoms with Crippen molar-refractivity contribution >= 4 is 11.8 Å². The van der Waals surface area contributed by atoms with Gasteiger partial charge in [0, 0.05) is 12.7 Å². The van der Waals surface area contributed by atoms with E-state index in [-0.39, 0.29) is 0 Å². The van der Waals surface area contributed by atoms with Crippen molar-refractivity contribution in [1.82, 2.24) is 10.3 Å². The second kappa shape index (κ2) is 6.47. The van der Waals surface area contributed by atoms with Gasteiger partial charge in [0.1, 0.15) is 5.76 Å². The Kier molecular flexibility index (Phi) is 4.64. The van der Waals surface area contributed by atoms with Crippen molar-refractivity contribution in [2.75, 3.05) is 6.54 Å². The van der Waals surface area contributed by atoms with Crippen molar-refractivity contribution in [3.63, 3.8) is 0 Å². The van der Waals surface area contributed by atoms with Crippen LogP contribution in [0.2, 0.25) is 0 Å². The zero-order valence-corrected chi connectivity index (χ0v) is 10.7. The Morgan fingerprint density at radius 2 is 2.29 bits per heavy atom. The van der Waals surface area contributed by atoms with Crippen LogP contribution in [0, 0.1) is 0 Å². The van der Waals surface area contributed by atoms with E-state index < -0.39 is 0 Å². The molecule has 90 valence electrons. The molecule has 1 N–H and O–H groups in total. The van der Waals surface area contributed by atoms with E-state index in [1.807, 2.05) is 18.3 Å². The number of aromatic nitrogens is 1. The third-order valence-electron chi connectivity index (χ3n) is 2.32. The normalized spacial score (nSPS) is 10.6. The number of pyridine rings is 1. The lowest BCUT2D eigenvalue weighted by atomic mass is 10.3. The van der Waals surface area contributed by atoms with Crippen molar-refractivity contribution in [3.8, 4) is 0 Å². The first-order valence-corrected chi connectivity index (χ1v) is 6.68. The van der Waals surface area contributed by atoms with Crippen LogP contribution < -0.4 is 5.32 Å². The van der Waals surface area contributed by atoms with Crippen LogP contribution in [0.15, 0.2) is 46.2 Å². The van der Waals surface area contributed by atoms with Crippen LogP contribution >= 0.6 is 11.8 Å². The SMILES string of the molecule is CCNCc1ccc(SCc2ccco2)nc1. The molecule has 0 atom stereocenters. The van der Waals surface area contributed by atoms with Gasteiger partial charge in [-0.3, -0.25) is 0 Å². The Hall–Kier alpha value is -1.26. The van der Waals surface area contributed by atoms with E-state index in [1.165, 1.54) is 5.56 Å². The minimum atomic E-state index is 0.826. The molecule has 0 aliphatic heterocycles. The number of rotatable bonds is 6. The second-order valence-corrected chi connectivity index (χ2v) is 4.65. The zero-order valence-electron chi connectivity index (χ0n) is 9.85. The van der Waals surface area contributed by atoms with Gasteiger partial charge in [-0.2, -0.15) is 0 Å². The van der Waals surface area contributed by atoms with Gasteiger partial charge in [-0.1, -0.05) is 24.8 Å². The van der Waals surface area contributed by atoms with E-state index in [0.717, 1.165) is 29.6 Å². The first-order valence-electron chi connectivity index (χ1n) is 5.69. The third-order valence-corrected chi connectivity index (χ3v) is 3.29. The molecular formula is C13H16N2OS. The van der Waals surface area contributed by atoms with Crippen molar-refractivity contribution in [1.29, 1.82) is 0 Å². The number of hydrogen-bond donors (Lipinski definition) is 1. The summed E-state index contributed by atoms with van der Waals surface area (Å²) in [6, 6.07) is 8.05. The predicted molar refractivity (Wildman–Crippen MR) is 69.9 cm³/mol. The van der Waals surface area contributed by atoms with Crippen LogP contribution in [0.3, 0.4) is 0 Å². The van der Waals surface area contributed by atoms with E-state index in [2.05, 4.69) is 29.4 Å². The van der Waals surface area contributed by atoms with E-state index in [1.54, 1.807) is 18.0 Å².